The van der Waals surface area contributed by atoms with Crippen molar-refractivity contribution in [3.8, 4) is 0 Å². The summed E-state index contributed by atoms with van der Waals surface area (Å²) in [4.78, 5) is 12.0. The van der Waals surface area contributed by atoms with Crippen LogP contribution >= 0.6 is 12.4 Å². The molecule has 1 fully saturated rings. The molecule has 0 heterocycles. The second-order valence-corrected chi connectivity index (χ2v) is 5.35. The van der Waals surface area contributed by atoms with Gasteiger partial charge >= 0.3 is 0 Å². The van der Waals surface area contributed by atoms with Gasteiger partial charge in [-0.2, -0.15) is 0 Å². The van der Waals surface area contributed by atoms with Crippen molar-refractivity contribution in [3.63, 3.8) is 0 Å². The van der Waals surface area contributed by atoms with Crippen LogP contribution in [0.1, 0.15) is 36.8 Å². The minimum atomic E-state index is 0. The van der Waals surface area contributed by atoms with Crippen LogP contribution in [0.3, 0.4) is 0 Å². The molecule has 1 amide bonds. The number of amides is 1. The Hall–Kier alpha value is -1.06. The van der Waals surface area contributed by atoms with Crippen LogP contribution in [0, 0.1) is 19.8 Å². The normalized spacial score (nSPS) is 21.8. The second-order valence-electron chi connectivity index (χ2n) is 5.35. The highest BCUT2D eigenvalue weighted by Crippen LogP contribution is 2.27. The first-order chi connectivity index (χ1) is 8.58. The molecule has 106 valence electrons. The van der Waals surface area contributed by atoms with E-state index in [4.69, 9.17) is 5.73 Å². The van der Waals surface area contributed by atoms with Gasteiger partial charge in [0.2, 0.25) is 5.91 Å². The maximum Gasteiger partial charge on any atom is 0.224 e. The number of carbonyl (C=O) groups excluding carboxylic acids is 1. The van der Waals surface area contributed by atoms with E-state index in [9.17, 15) is 4.79 Å². The van der Waals surface area contributed by atoms with Gasteiger partial charge in [0.05, 0.1) is 0 Å². The molecule has 3 N–H and O–H groups in total. The molecule has 0 bridgehead atoms. The minimum absolute atomic E-state index is 0. The average Bonchev–Trinajstić information content (AvgIpc) is 2.71. The Balaban J connectivity index is 0.00000180. The summed E-state index contributed by atoms with van der Waals surface area (Å²) in [5.74, 6) is 0.446. The van der Waals surface area contributed by atoms with E-state index in [0.717, 1.165) is 30.5 Å². The smallest absolute Gasteiger partial charge is 0.224 e. The first kappa shape index (κ1) is 16.0. The number of hydrogen-bond acceptors (Lipinski definition) is 2. The van der Waals surface area contributed by atoms with E-state index in [1.807, 2.05) is 19.1 Å². The van der Waals surface area contributed by atoms with Crippen LogP contribution in [0.15, 0.2) is 18.2 Å². The van der Waals surface area contributed by atoms with Crippen molar-refractivity contribution in [2.75, 3.05) is 5.32 Å². The van der Waals surface area contributed by atoms with Crippen molar-refractivity contribution in [2.45, 2.75) is 45.6 Å². The van der Waals surface area contributed by atoms with E-state index in [2.05, 4.69) is 18.3 Å². The zero-order valence-electron chi connectivity index (χ0n) is 11.6. The lowest BCUT2D eigenvalue weighted by atomic mass is 9.99. The molecular formula is C15H23ClN2O. The summed E-state index contributed by atoms with van der Waals surface area (Å²) in [6, 6.07) is 6.18. The van der Waals surface area contributed by atoms with E-state index in [1.54, 1.807) is 0 Å². The Morgan fingerprint density at radius 1 is 1.37 bits per heavy atom. The highest BCUT2D eigenvalue weighted by molar-refractivity contribution is 5.91. The average molecular weight is 283 g/mol. The Labute approximate surface area is 121 Å². The number of nitrogens with two attached hydrogens (primary N) is 1. The van der Waals surface area contributed by atoms with E-state index < -0.39 is 0 Å². The summed E-state index contributed by atoms with van der Waals surface area (Å²) < 4.78 is 0. The van der Waals surface area contributed by atoms with Crippen LogP contribution in [-0.4, -0.2) is 11.9 Å². The van der Waals surface area contributed by atoms with Gasteiger partial charge in [-0.3, -0.25) is 4.79 Å². The van der Waals surface area contributed by atoms with Gasteiger partial charge in [-0.25, -0.2) is 0 Å². The summed E-state index contributed by atoms with van der Waals surface area (Å²) >= 11 is 0. The molecule has 3 nitrogen and oxygen atoms in total. The molecule has 2 rings (SSSR count). The lowest BCUT2D eigenvalue weighted by Gasteiger charge is -2.16. The standard InChI is InChI=1S/C15H22N2O.ClH/c1-10-5-3-8-14(11(10)2)17-15(18)9-12-6-4-7-13(12)16;/h3,5,8,12-13H,4,6-7,9,16H2,1-2H3,(H,17,18);1H/t12-,13+;/m0./s1. The SMILES string of the molecule is Cc1cccc(NC(=O)C[C@@H]2CCC[C@H]2N)c1C.Cl. The molecule has 1 aromatic carbocycles. The van der Waals surface area contributed by atoms with Crippen LogP contribution in [0.5, 0.6) is 0 Å². The van der Waals surface area contributed by atoms with Gasteiger partial charge in [-0.1, -0.05) is 18.6 Å². The van der Waals surface area contributed by atoms with Gasteiger partial charge in [0, 0.05) is 18.2 Å². The summed E-state index contributed by atoms with van der Waals surface area (Å²) in [7, 11) is 0. The van der Waals surface area contributed by atoms with Gasteiger partial charge in [0.15, 0.2) is 0 Å². The molecule has 2 atom stereocenters. The van der Waals surface area contributed by atoms with Crippen molar-refractivity contribution in [2.24, 2.45) is 11.7 Å². The van der Waals surface area contributed by atoms with Crippen LogP contribution in [0.25, 0.3) is 0 Å². The molecule has 0 saturated heterocycles. The number of halogens is 1. The van der Waals surface area contributed by atoms with E-state index in [-0.39, 0.29) is 24.4 Å². The van der Waals surface area contributed by atoms with Crippen molar-refractivity contribution in [3.05, 3.63) is 29.3 Å². The molecule has 0 aliphatic heterocycles. The molecule has 1 aliphatic carbocycles. The van der Waals surface area contributed by atoms with Gasteiger partial charge in [-0.15, -0.1) is 12.4 Å². The predicted octanol–water partition coefficient (Wildman–Crippen LogP) is 3.18. The molecule has 0 aromatic heterocycles. The highest BCUT2D eigenvalue weighted by Gasteiger charge is 2.26. The largest absolute Gasteiger partial charge is 0.327 e. The van der Waals surface area contributed by atoms with Crippen LogP contribution in [-0.2, 0) is 4.79 Å². The summed E-state index contributed by atoms with van der Waals surface area (Å²) in [5.41, 5.74) is 9.26. The molecule has 4 heteroatoms. The lowest BCUT2D eigenvalue weighted by Crippen LogP contribution is -2.28. The monoisotopic (exact) mass is 282 g/mol. The topological polar surface area (TPSA) is 55.1 Å². The molecule has 1 saturated carbocycles. The number of rotatable bonds is 3. The number of anilines is 1. The van der Waals surface area contributed by atoms with Crippen LogP contribution < -0.4 is 11.1 Å². The summed E-state index contributed by atoms with van der Waals surface area (Å²) in [6.07, 6.45) is 3.85. The fraction of sp³-hybridized carbons (Fsp3) is 0.533. The molecular weight excluding hydrogens is 260 g/mol. The molecule has 0 spiro atoms. The zero-order valence-corrected chi connectivity index (χ0v) is 12.4. The Morgan fingerprint density at radius 3 is 2.74 bits per heavy atom. The van der Waals surface area contributed by atoms with E-state index >= 15 is 0 Å². The van der Waals surface area contributed by atoms with Crippen LogP contribution in [0.4, 0.5) is 5.69 Å². The molecule has 0 radical (unpaired) electrons. The predicted molar refractivity (Wildman–Crippen MR) is 81.7 cm³/mol. The first-order valence-electron chi connectivity index (χ1n) is 6.69. The number of carbonyl (C=O) groups is 1. The Bertz CT molecular complexity index is 448. The minimum Gasteiger partial charge on any atom is -0.327 e. The molecule has 0 unspecified atom stereocenters. The van der Waals surface area contributed by atoms with E-state index in [1.165, 1.54) is 5.56 Å². The van der Waals surface area contributed by atoms with Gasteiger partial charge in [0.1, 0.15) is 0 Å². The fourth-order valence-corrected chi connectivity index (χ4v) is 2.64. The van der Waals surface area contributed by atoms with Gasteiger partial charge in [-0.05, 0) is 49.8 Å². The van der Waals surface area contributed by atoms with Crippen molar-refractivity contribution in [1.29, 1.82) is 0 Å². The third-order valence-electron chi connectivity index (χ3n) is 4.04. The number of nitrogens with one attached hydrogen (secondary N) is 1. The maximum absolute atomic E-state index is 12.0. The first-order valence-corrected chi connectivity index (χ1v) is 6.69. The molecule has 19 heavy (non-hydrogen) atoms. The summed E-state index contributed by atoms with van der Waals surface area (Å²) in [5, 5.41) is 3.00. The second kappa shape index (κ2) is 6.92. The molecule has 1 aliphatic rings. The van der Waals surface area contributed by atoms with Crippen LogP contribution in [0.2, 0.25) is 0 Å². The third-order valence-corrected chi connectivity index (χ3v) is 4.04. The van der Waals surface area contributed by atoms with Gasteiger partial charge in [0.25, 0.3) is 0 Å². The van der Waals surface area contributed by atoms with Gasteiger partial charge < -0.3 is 11.1 Å². The third kappa shape index (κ3) is 3.95. The Kier molecular flexibility index (Phi) is 5.83. The fourth-order valence-electron chi connectivity index (χ4n) is 2.64. The zero-order chi connectivity index (χ0) is 13.1. The summed E-state index contributed by atoms with van der Waals surface area (Å²) in [6.45, 7) is 4.09. The van der Waals surface area contributed by atoms with Crippen molar-refractivity contribution in [1.82, 2.24) is 0 Å². The number of benzene rings is 1. The van der Waals surface area contributed by atoms with Crippen molar-refractivity contribution < 1.29 is 4.79 Å². The Morgan fingerprint density at radius 2 is 2.11 bits per heavy atom. The number of aryl methyl sites for hydroxylation is 1. The number of hydrogen-bond donors (Lipinski definition) is 2. The lowest BCUT2D eigenvalue weighted by molar-refractivity contribution is -0.117. The maximum atomic E-state index is 12.0. The van der Waals surface area contributed by atoms with E-state index in [0.29, 0.717) is 12.3 Å². The highest BCUT2D eigenvalue weighted by atomic mass is 35.5. The quantitative estimate of drug-likeness (QED) is 0.895. The van der Waals surface area contributed by atoms with Crippen molar-refractivity contribution >= 4 is 24.0 Å². The molecule has 1 aromatic rings.